The molecule has 4 heteroatoms. The topological polar surface area (TPSA) is 42.0 Å². The maximum atomic E-state index is 13.3. The van der Waals surface area contributed by atoms with Gasteiger partial charge in [-0.25, -0.2) is 4.98 Å². The third-order valence-corrected chi connectivity index (χ3v) is 8.48. The van der Waals surface area contributed by atoms with Gasteiger partial charge in [0.2, 0.25) is 0 Å². The zero-order chi connectivity index (χ0) is 19.8. The molecule has 4 saturated carbocycles. The molecule has 2 aromatic rings. The van der Waals surface area contributed by atoms with E-state index in [4.69, 9.17) is 4.98 Å². The van der Waals surface area contributed by atoms with E-state index >= 15 is 0 Å². The fourth-order valence-corrected chi connectivity index (χ4v) is 7.55. The summed E-state index contributed by atoms with van der Waals surface area (Å²) in [6, 6.07) is 10.4. The number of aromatic nitrogens is 1. The van der Waals surface area contributed by atoms with Crippen LogP contribution in [0.2, 0.25) is 0 Å². The van der Waals surface area contributed by atoms with Gasteiger partial charge in [0.25, 0.3) is 5.91 Å². The summed E-state index contributed by atoms with van der Waals surface area (Å²) in [6.45, 7) is 2.23. The molecule has 0 unspecified atom stereocenters. The number of unbranched alkanes of at least 4 members (excludes halogenated alkanes) is 2. The second kappa shape index (κ2) is 7.86. The van der Waals surface area contributed by atoms with Crippen molar-refractivity contribution in [2.45, 2.75) is 76.7 Å². The summed E-state index contributed by atoms with van der Waals surface area (Å²) in [6.07, 6.45) is 12.3. The van der Waals surface area contributed by atoms with Gasteiger partial charge in [0.1, 0.15) is 0 Å². The monoisotopic (exact) mass is 408 g/mol. The number of amides is 1. The second-order valence-electron chi connectivity index (χ2n) is 9.77. The summed E-state index contributed by atoms with van der Waals surface area (Å²) < 4.78 is 0. The van der Waals surface area contributed by atoms with Gasteiger partial charge in [-0.2, -0.15) is 0 Å². The van der Waals surface area contributed by atoms with E-state index in [9.17, 15) is 4.79 Å². The van der Waals surface area contributed by atoms with Crippen LogP contribution >= 0.6 is 11.3 Å². The molecule has 0 atom stereocenters. The zero-order valence-electron chi connectivity index (χ0n) is 17.5. The first-order chi connectivity index (χ1) is 14.1. The molecular formula is C25H32N2OS. The summed E-state index contributed by atoms with van der Waals surface area (Å²) in [4.78, 5) is 19.4. The van der Waals surface area contributed by atoms with E-state index in [0.717, 1.165) is 41.9 Å². The number of rotatable bonds is 7. The minimum atomic E-state index is 0.0484. The van der Waals surface area contributed by atoms with Crippen molar-refractivity contribution in [3.63, 3.8) is 0 Å². The first-order valence-electron chi connectivity index (χ1n) is 11.5. The van der Waals surface area contributed by atoms with Gasteiger partial charge in [0, 0.05) is 16.0 Å². The van der Waals surface area contributed by atoms with Crippen LogP contribution in [-0.4, -0.2) is 16.4 Å². The predicted molar refractivity (Wildman–Crippen MR) is 119 cm³/mol. The third-order valence-electron chi connectivity index (χ3n) is 7.36. The molecule has 4 aliphatic carbocycles. The SMILES string of the molecule is CCCCCc1sc(C(=O)NC23CC4CC(CC(C4)C2)C3)nc1-c1ccccc1. The van der Waals surface area contributed by atoms with Crippen molar-refractivity contribution in [3.8, 4) is 11.3 Å². The fraction of sp³-hybridized carbons (Fsp3) is 0.600. The van der Waals surface area contributed by atoms with Crippen LogP contribution in [0.4, 0.5) is 0 Å². The molecule has 4 bridgehead atoms. The maximum Gasteiger partial charge on any atom is 0.280 e. The Hall–Kier alpha value is -1.68. The van der Waals surface area contributed by atoms with Gasteiger partial charge in [-0.15, -0.1) is 11.3 Å². The lowest BCUT2D eigenvalue weighted by atomic mass is 9.53. The van der Waals surface area contributed by atoms with Crippen LogP contribution in [0.5, 0.6) is 0 Å². The molecule has 29 heavy (non-hydrogen) atoms. The van der Waals surface area contributed by atoms with Crippen LogP contribution < -0.4 is 5.32 Å². The molecule has 1 aromatic heterocycles. The van der Waals surface area contributed by atoms with E-state index in [1.165, 1.54) is 56.2 Å². The van der Waals surface area contributed by atoms with E-state index < -0.39 is 0 Å². The van der Waals surface area contributed by atoms with Crippen molar-refractivity contribution in [2.75, 3.05) is 0 Å². The number of carbonyl (C=O) groups excluding carboxylic acids is 1. The van der Waals surface area contributed by atoms with E-state index in [0.29, 0.717) is 5.01 Å². The van der Waals surface area contributed by atoms with E-state index in [-0.39, 0.29) is 11.4 Å². The van der Waals surface area contributed by atoms with Crippen molar-refractivity contribution in [3.05, 3.63) is 40.2 Å². The first-order valence-corrected chi connectivity index (χ1v) is 12.3. The molecule has 154 valence electrons. The Labute approximate surface area is 178 Å². The number of nitrogens with one attached hydrogen (secondary N) is 1. The summed E-state index contributed by atoms with van der Waals surface area (Å²) in [5, 5.41) is 4.17. The largest absolute Gasteiger partial charge is 0.345 e. The highest BCUT2D eigenvalue weighted by Gasteiger charge is 2.51. The maximum absolute atomic E-state index is 13.3. The number of nitrogens with zero attached hydrogens (tertiary/aromatic N) is 1. The van der Waals surface area contributed by atoms with Gasteiger partial charge < -0.3 is 5.32 Å². The van der Waals surface area contributed by atoms with E-state index in [1.54, 1.807) is 11.3 Å². The molecule has 0 radical (unpaired) electrons. The Morgan fingerprint density at radius 3 is 2.34 bits per heavy atom. The predicted octanol–water partition coefficient (Wildman–Crippen LogP) is 6.24. The molecule has 0 spiro atoms. The first kappa shape index (κ1) is 19.3. The number of carbonyl (C=O) groups is 1. The van der Waals surface area contributed by atoms with Crippen LogP contribution in [0.1, 0.15) is 79.4 Å². The van der Waals surface area contributed by atoms with Crippen molar-refractivity contribution < 1.29 is 4.79 Å². The van der Waals surface area contributed by atoms with Gasteiger partial charge in [0.05, 0.1) is 5.69 Å². The summed E-state index contributed by atoms with van der Waals surface area (Å²) >= 11 is 1.62. The standard InChI is InChI=1S/C25H32N2OS/c1-2-3-5-10-21-22(20-8-6-4-7-9-20)26-24(29-21)23(28)27-25-14-17-11-18(15-25)13-19(12-17)16-25/h4,6-9,17-19H,2-3,5,10-16H2,1H3,(H,27,28). The Morgan fingerprint density at radius 2 is 1.72 bits per heavy atom. The number of thiazole rings is 1. The quantitative estimate of drug-likeness (QED) is 0.551. The normalized spacial score (nSPS) is 29.9. The van der Waals surface area contributed by atoms with Crippen LogP contribution in [-0.2, 0) is 6.42 Å². The van der Waals surface area contributed by atoms with Crippen molar-refractivity contribution >= 4 is 17.2 Å². The third kappa shape index (κ3) is 3.88. The van der Waals surface area contributed by atoms with Crippen molar-refractivity contribution in [2.24, 2.45) is 17.8 Å². The number of aryl methyl sites for hydroxylation is 1. The van der Waals surface area contributed by atoms with Gasteiger partial charge in [-0.1, -0.05) is 50.1 Å². The van der Waals surface area contributed by atoms with Crippen LogP contribution in [0.25, 0.3) is 11.3 Å². The smallest absolute Gasteiger partial charge is 0.280 e. The highest BCUT2D eigenvalue weighted by Crippen LogP contribution is 2.55. The molecule has 1 N–H and O–H groups in total. The Morgan fingerprint density at radius 1 is 1.07 bits per heavy atom. The van der Waals surface area contributed by atoms with Crippen molar-refractivity contribution in [1.29, 1.82) is 0 Å². The fourth-order valence-electron chi connectivity index (χ4n) is 6.53. The Balaban J connectivity index is 1.38. The lowest BCUT2D eigenvalue weighted by Gasteiger charge is -2.56. The minimum absolute atomic E-state index is 0.0484. The molecule has 0 saturated heterocycles. The molecule has 6 rings (SSSR count). The molecule has 3 nitrogen and oxygen atoms in total. The molecule has 1 amide bonds. The van der Waals surface area contributed by atoms with Gasteiger partial charge in [-0.05, 0) is 69.1 Å². The van der Waals surface area contributed by atoms with Gasteiger partial charge in [-0.3, -0.25) is 4.79 Å². The van der Waals surface area contributed by atoms with Crippen LogP contribution in [0.15, 0.2) is 30.3 Å². The Bertz CT molecular complexity index is 837. The minimum Gasteiger partial charge on any atom is -0.345 e. The average Bonchev–Trinajstić information content (AvgIpc) is 3.12. The molecule has 1 aromatic carbocycles. The second-order valence-corrected chi connectivity index (χ2v) is 10.8. The molecule has 4 aliphatic rings. The highest BCUT2D eigenvalue weighted by molar-refractivity contribution is 7.14. The summed E-state index contributed by atoms with van der Waals surface area (Å²) in [7, 11) is 0. The molecule has 4 fully saturated rings. The van der Waals surface area contributed by atoms with Gasteiger partial charge >= 0.3 is 0 Å². The lowest BCUT2D eigenvalue weighted by molar-refractivity contribution is -0.0167. The lowest BCUT2D eigenvalue weighted by Crippen LogP contribution is -2.59. The molecule has 0 aliphatic heterocycles. The summed E-state index contributed by atoms with van der Waals surface area (Å²) in [5.41, 5.74) is 2.19. The Kier molecular flexibility index (Phi) is 5.23. The highest BCUT2D eigenvalue weighted by atomic mass is 32.1. The van der Waals surface area contributed by atoms with Crippen molar-refractivity contribution in [1.82, 2.24) is 10.3 Å². The molecular weight excluding hydrogens is 376 g/mol. The van der Waals surface area contributed by atoms with Crippen LogP contribution in [0.3, 0.4) is 0 Å². The average molecular weight is 409 g/mol. The summed E-state index contributed by atoms with van der Waals surface area (Å²) in [5.74, 6) is 2.57. The number of hydrogen-bond donors (Lipinski definition) is 1. The van der Waals surface area contributed by atoms with Crippen LogP contribution in [0, 0.1) is 17.8 Å². The number of benzene rings is 1. The van der Waals surface area contributed by atoms with E-state index in [2.05, 4.69) is 36.5 Å². The van der Waals surface area contributed by atoms with E-state index in [1.807, 2.05) is 6.07 Å². The van der Waals surface area contributed by atoms with Gasteiger partial charge in [0.15, 0.2) is 5.01 Å². The number of hydrogen-bond acceptors (Lipinski definition) is 3. The molecule has 1 heterocycles. The zero-order valence-corrected chi connectivity index (χ0v) is 18.3.